The smallest absolute Gasteiger partial charge is 0.164 e. The predicted octanol–water partition coefficient (Wildman–Crippen LogP) is 10.2. The Morgan fingerprint density at radius 2 is 1.05 bits per heavy atom. The molecule has 3 heteroatoms. The number of para-hydroxylation sites is 2. The van der Waals surface area contributed by atoms with E-state index in [0.717, 1.165) is 50.0 Å². The van der Waals surface area contributed by atoms with E-state index in [1.54, 1.807) is 0 Å². The average Bonchev–Trinajstić information content (AvgIpc) is 3.44. The van der Waals surface area contributed by atoms with Gasteiger partial charge in [0.25, 0.3) is 0 Å². The summed E-state index contributed by atoms with van der Waals surface area (Å²) in [5, 5.41) is 4.64. The predicted molar refractivity (Wildman–Crippen MR) is 169 cm³/mol. The van der Waals surface area contributed by atoms with E-state index in [4.69, 9.17) is 14.4 Å². The zero-order valence-electron chi connectivity index (χ0n) is 22.2. The third-order valence-electron chi connectivity index (χ3n) is 7.70. The lowest BCUT2D eigenvalue weighted by Gasteiger charge is -2.10. The van der Waals surface area contributed by atoms with Crippen LogP contribution < -0.4 is 0 Å². The standard InChI is InChI=1S/C38H24N2O/c1-2-10-27(11-3-1)34-24-35(28-20-17-26(18-21-28)30-22-19-25-9-4-5-12-29(25)23-30)40-38(39-34)33-15-8-14-32-31-13-6-7-16-36(31)41-37(32)33/h1-24H. The summed E-state index contributed by atoms with van der Waals surface area (Å²) in [6.07, 6.45) is 0. The van der Waals surface area contributed by atoms with E-state index >= 15 is 0 Å². The highest BCUT2D eigenvalue weighted by Gasteiger charge is 2.16. The lowest BCUT2D eigenvalue weighted by molar-refractivity contribution is 0.669. The first kappa shape index (κ1) is 23.4. The second kappa shape index (κ2) is 9.58. The number of benzene rings is 6. The first-order valence-electron chi connectivity index (χ1n) is 13.7. The molecule has 0 saturated heterocycles. The maximum Gasteiger partial charge on any atom is 0.164 e. The van der Waals surface area contributed by atoms with Gasteiger partial charge < -0.3 is 4.42 Å². The lowest BCUT2D eigenvalue weighted by atomic mass is 9.99. The van der Waals surface area contributed by atoms with E-state index in [-0.39, 0.29) is 0 Å². The topological polar surface area (TPSA) is 38.9 Å². The number of rotatable bonds is 4. The van der Waals surface area contributed by atoms with Gasteiger partial charge in [0.2, 0.25) is 0 Å². The summed E-state index contributed by atoms with van der Waals surface area (Å²) < 4.78 is 6.34. The Labute approximate surface area is 237 Å². The van der Waals surface area contributed by atoms with Gasteiger partial charge >= 0.3 is 0 Å². The molecular weight excluding hydrogens is 500 g/mol. The zero-order valence-corrected chi connectivity index (χ0v) is 22.2. The number of aromatic nitrogens is 2. The van der Waals surface area contributed by atoms with Gasteiger partial charge in [-0.05, 0) is 46.2 Å². The molecule has 192 valence electrons. The fourth-order valence-electron chi connectivity index (χ4n) is 5.60. The summed E-state index contributed by atoms with van der Waals surface area (Å²) >= 11 is 0. The SMILES string of the molecule is c1ccc(-c2cc(-c3ccc(-c4ccc5ccccc5c4)cc3)nc(-c3cccc4c3oc3ccccc34)n2)cc1. The first-order chi connectivity index (χ1) is 20.3. The number of fused-ring (bicyclic) bond motifs is 4. The molecule has 6 aromatic carbocycles. The van der Waals surface area contributed by atoms with Crippen LogP contribution in [0.2, 0.25) is 0 Å². The van der Waals surface area contributed by atoms with Crippen molar-refractivity contribution in [3.05, 3.63) is 146 Å². The van der Waals surface area contributed by atoms with Gasteiger partial charge in [-0.25, -0.2) is 9.97 Å². The van der Waals surface area contributed by atoms with Gasteiger partial charge in [-0.3, -0.25) is 0 Å². The largest absolute Gasteiger partial charge is 0.455 e. The quantitative estimate of drug-likeness (QED) is 0.230. The van der Waals surface area contributed by atoms with Crippen LogP contribution in [0.5, 0.6) is 0 Å². The molecule has 0 atom stereocenters. The number of hydrogen-bond acceptors (Lipinski definition) is 3. The van der Waals surface area contributed by atoms with Crippen molar-refractivity contribution in [2.45, 2.75) is 0 Å². The van der Waals surface area contributed by atoms with Crippen LogP contribution in [0.25, 0.3) is 77.7 Å². The first-order valence-corrected chi connectivity index (χ1v) is 13.7. The normalized spacial score (nSPS) is 11.4. The summed E-state index contributed by atoms with van der Waals surface area (Å²) in [5.74, 6) is 0.643. The van der Waals surface area contributed by atoms with Crippen molar-refractivity contribution in [3.63, 3.8) is 0 Å². The summed E-state index contributed by atoms with van der Waals surface area (Å²) in [7, 11) is 0. The molecule has 0 unspecified atom stereocenters. The highest BCUT2D eigenvalue weighted by molar-refractivity contribution is 6.09. The van der Waals surface area contributed by atoms with Crippen molar-refractivity contribution in [1.82, 2.24) is 9.97 Å². The Morgan fingerprint density at radius 3 is 1.88 bits per heavy atom. The molecule has 0 radical (unpaired) electrons. The van der Waals surface area contributed by atoms with Gasteiger partial charge in [0.1, 0.15) is 11.2 Å². The van der Waals surface area contributed by atoms with Crippen LogP contribution in [-0.4, -0.2) is 9.97 Å². The van der Waals surface area contributed by atoms with E-state index in [9.17, 15) is 0 Å². The maximum absolute atomic E-state index is 6.34. The Kier molecular flexibility index (Phi) is 5.46. The van der Waals surface area contributed by atoms with Gasteiger partial charge in [0, 0.05) is 21.9 Å². The third-order valence-corrected chi connectivity index (χ3v) is 7.70. The highest BCUT2D eigenvalue weighted by Crippen LogP contribution is 2.36. The minimum Gasteiger partial charge on any atom is -0.455 e. The molecule has 2 aromatic heterocycles. The number of furan rings is 1. The van der Waals surface area contributed by atoms with Gasteiger partial charge in [-0.2, -0.15) is 0 Å². The van der Waals surface area contributed by atoms with Crippen molar-refractivity contribution in [2.75, 3.05) is 0 Å². The fraction of sp³-hybridized carbons (Fsp3) is 0. The van der Waals surface area contributed by atoms with E-state index in [1.165, 1.54) is 21.9 Å². The second-order valence-electron chi connectivity index (χ2n) is 10.2. The van der Waals surface area contributed by atoms with Crippen molar-refractivity contribution in [3.8, 4) is 45.0 Å². The number of hydrogen-bond donors (Lipinski definition) is 0. The average molecular weight is 525 g/mol. The molecule has 0 fully saturated rings. The van der Waals surface area contributed by atoms with Gasteiger partial charge in [0.05, 0.1) is 17.0 Å². The van der Waals surface area contributed by atoms with Crippen LogP contribution in [0.4, 0.5) is 0 Å². The summed E-state index contributed by atoms with van der Waals surface area (Å²) in [6.45, 7) is 0. The van der Waals surface area contributed by atoms with Crippen LogP contribution in [0, 0.1) is 0 Å². The molecule has 0 aliphatic heterocycles. The van der Waals surface area contributed by atoms with Crippen LogP contribution >= 0.6 is 0 Å². The molecule has 0 bridgehead atoms. The molecule has 0 aliphatic carbocycles. The van der Waals surface area contributed by atoms with Gasteiger partial charge in [-0.1, -0.05) is 121 Å². The Hall–Kier alpha value is -5.54. The molecule has 0 saturated carbocycles. The molecule has 0 spiro atoms. The molecule has 3 nitrogen and oxygen atoms in total. The molecule has 2 heterocycles. The molecule has 0 aliphatic rings. The molecule has 0 N–H and O–H groups in total. The van der Waals surface area contributed by atoms with Gasteiger partial charge in [0.15, 0.2) is 5.82 Å². The minimum atomic E-state index is 0.643. The van der Waals surface area contributed by atoms with Crippen molar-refractivity contribution >= 4 is 32.7 Å². The summed E-state index contributed by atoms with van der Waals surface area (Å²) in [5.41, 5.74) is 8.73. The summed E-state index contributed by atoms with van der Waals surface area (Å²) in [4.78, 5) is 10.1. The van der Waals surface area contributed by atoms with Crippen molar-refractivity contribution in [2.24, 2.45) is 0 Å². The molecule has 0 amide bonds. The number of nitrogens with zero attached hydrogens (tertiary/aromatic N) is 2. The summed E-state index contributed by atoms with van der Waals surface area (Å²) in [6, 6.07) is 50.3. The van der Waals surface area contributed by atoms with Crippen LogP contribution in [-0.2, 0) is 0 Å². The second-order valence-corrected chi connectivity index (χ2v) is 10.2. The zero-order chi connectivity index (χ0) is 27.2. The Bertz CT molecular complexity index is 2200. The van der Waals surface area contributed by atoms with E-state index in [2.05, 4.69) is 103 Å². The van der Waals surface area contributed by atoms with Crippen LogP contribution in [0.3, 0.4) is 0 Å². The fourth-order valence-corrected chi connectivity index (χ4v) is 5.60. The highest BCUT2D eigenvalue weighted by atomic mass is 16.3. The van der Waals surface area contributed by atoms with Gasteiger partial charge in [-0.15, -0.1) is 0 Å². The maximum atomic E-state index is 6.34. The Morgan fingerprint density at radius 1 is 0.415 bits per heavy atom. The van der Waals surface area contributed by atoms with E-state index in [1.807, 2.05) is 42.5 Å². The monoisotopic (exact) mass is 524 g/mol. The third kappa shape index (κ3) is 4.16. The Balaban J connectivity index is 1.27. The molecule has 41 heavy (non-hydrogen) atoms. The minimum absolute atomic E-state index is 0.643. The van der Waals surface area contributed by atoms with Crippen LogP contribution in [0.15, 0.2) is 150 Å². The molecule has 8 rings (SSSR count). The lowest BCUT2D eigenvalue weighted by Crippen LogP contribution is -1.96. The van der Waals surface area contributed by atoms with E-state index in [0.29, 0.717) is 5.82 Å². The van der Waals surface area contributed by atoms with Crippen molar-refractivity contribution in [1.29, 1.82) is 0 Å². The molecule has 8 aromatic rings. The van der Waals surface area contributed by atoms with Crippen molar-refractivity contribution < 1.29 is 4.42 Å². The van der Waals surface area contributed by atoms with E-state index < -0.39 is 0 Å². The van der Waals surface area contributed by atoms with Crippen LogP contribution in [0.1, 0.15) is 0 Å². The molecular formula is C38H24N2O.